The van der Waals surface area contributed by atoms with E-state index in [1.54, 1.807) is 0 Å². The maximum Gasteiger partial charge on any atom is 0.0410 e. The molecule has 3 heteroatoms. The molecule has 1 nitrogen and oxygen atoms in total. The van der Waals surface area contributed by atoms with Gasteiger partial charge in [-0.15, -0.1) is 0 Å². The molecule has 0 aliphatic rings. The van der Waals surface area contributed by atoms with Crippen molar-refractivity contribution >= 4 is 27.5 Å². The van der Waals surface area contributed by atoms with Crippen LogP contribution in [0.4, 0.5) is 0 Å². The second kappa shape index (κ2) is 6.37. The molecule has 2 rings (SSSR count). The number of benzene rings is 2. The topological polar surface area (TPSA) is 12.0 Å². The van der Waals surface area contributed by atoms with Gasteiger partial charge in [-0.3, -0.25) is 0 Å². The first-order valence-corrected chi connectivity index (χ1v) is 7.06. The molecule has 0 saturated heterocycles. The Labute approximate surface area is 121 Å². The third-order valence-corrected chi connectivity index (χ3v) is 3.91. The molecule has 2 aromatic rings. The van der Waals surface area contributed by atoms with E-state index in [9.17, 15) is 0 Å². The zero-order chi connectivity index (χ0) is 13.0. The summed E-state index contributed by atoms with van der Waals surface area (Å²) in [6.07, 6.45) is 0. The third-order valence-electron chi connectivity index (χ3n) is 2.91. The highest BCUT2D eigenvalue weighted by molar-refractivity contribution is 9.10. The summed E-state index contributed by atoms with van der Waals surface area (Å²) in [6.45, 7) is 2.95. The molecular weight excluding hydrogens is 310 g/mol. The van der Waals surface area contributed by atoms with Crippen LogP contribution in [0.2, 0.25) is 5.02 Å². The van der Waals surface area contributed by atoms with E-state index in [1.165, 1.54) is 11.1 Å². The molecular formula is C15H15BrClN. The van der Waals surface area contributed by atoms with Crippen molar-refractivity contribution in [1.29, 1.82) is 0 Å². The van der Waals surface area contributed by atoms with Gasteiger partial charge in [-0.2, -0.15) is 0 Å². The summed E-state index contributed by atoms with van der Waals surface area (Å²) in [6, 6.07) is 16.6. The lowest BCUT2D eigenvalue weighted by atomic mass is 10.1. The predicted octanol–water partition coefficient (Wildman–Crippen LogP) is 4.95. The number of halogens is 2. The third kappa shape index (κ3) is 3.58. The molecule has 0 saturated carbocycles. The van der Waals surface area contributed by atoms with Gasteiger partial charge in [-0.1, -0.05) is 57.9 Å². The van der Waals surface area contributed by atoms with Crippen LogP contribution in [0.1, 0.15) is 24.1 Å². The average Bonchev–Trinajstić information content (AvgIpc) is 2.40. The normalized spacial score (nSPS) is 12.4. The summed E-state index contributed by atoms with van der Waals surface area (Å²) < 4.78 is 1.08. The van der Waals surface area contributed by atoms with E-state index in [2.05, 4.69) is 52.4 Å². The fraction of sp³-hybridized carbons (Fsp3) is 0.200. The molecule has 18 heavy (non-hydrogen) atoms. The minimum absolute atomic E-state index is 0.317. The summed E-state index contributed by atoms with van der Waals surface area (Å²) in [5.41, 5.74) is 2.46. The van der Waals surface area contributed by atoms with E-state index in [4.69, 9.17) is 11.6 Å². The lowest BCUT2D eigenvalue weighted by Gasteiger charge is -2.15. The Balaban J connectivity index is 2.01. The molecule has 0 radical (unpaired) electrons. The first-order valence-electron chi connectivity index (χ1n) is 5.89. The molecule has 2 aromatic carbocycles. The highest BCUT2D eigenvalue weighted by atomic mass is 79.9. The van der Waals surface area contributed by atoms with Gasteiger partial charge in [0, 0.05) is 22.1 Å². The molecule has 0 aliphatic heterocycles. The molecule has 0 spiro atoms. The fourth-order valence-corrected chi connectivity index (χ4v) is 2.38. The van der Waals surface area contributed by atoms with Crippen LogP contribution in [0.25, 0.3) is 0 Å². The zero-order valence-corrected chi connectivity index (χ0v) is 12.5. The summed E-state index contributed by atoms with van der Waals surface area (Å²) in [4.78, 5) is 0. The standard InChI is InChI=1S/C15H15BrClN/c1-11(12-5-3-2-4-6-12)18-10-13-9-14(17)7-8-15(13)16/h2-9,11,18H,10H2,1H3. The maximum absolute atomic E-state index is 6.00. The van der Waals surface area contributed by atoms with Crippen molar-refractivity contribution in [3.63, 3.8) is 0 Å². The lowest BCUT2D eigenvalue weighted by molar-refractivity contribution is 0.574. The van der Waals surface area contributed by atoms with Crippen LogP contribution in [-0.4, -0.2) is 0 Å². The van der Waals surface area contributed by atoms with E-state index in [1.807, 2.05) is 24.3 Å². The Morgan fingerprint density at radius 3 is 2.61 bits per heavy atom. The molecule has 0 aromatic heterocycles. The molecule has 1 unspecified atom stereocenters. The molecule has 1 atom stereocenters. The van der Waals surface area contributed by atoms with Gasteiger partial charge >= 0.3 is 0 Å². The van der Waals surface area contributed by atoms with Crippen molar-refractivity contribution in [2.45, 2.75) is 19.5 Å². The highest BCUT2D eigenvalue weighted by Gasteiger charge is 2.06. The predicted molar refractivity (Wildman–Crippen MR) is 80.8 cm³/mol. The second-order valence-electron chi connectivity index (χ2n) is 4.25. The number of nitrogens with one attached hydrogen (secondary N) is 1. The van der Waals surface area contributed by atoms with E-state index in [-0.39, 0.29) is 0 Å². The molecule has 0 aliphatic carbocycles. The van der Waals surface area contributed by atoms with Crippen LogP contribution >= 0.6 is 27.5 Å². The summed E-state index contributed by atoms with van der Waals surface area (Å²) in [5, 5.41) is 4.26. The van der Waals surface area contributed by atoms with Crippen LogP contribution in [-0.2, 0) is 6.54 Å². The van der Waals surface area contributed by atoms with Gasteiger partial charge in [0.2, 0.25) is 0 Å². The SMILES string of the molecule is CC(NCc1cc(Cl)ccc1Br)c1ccccc1. The number of hydrogen-bond donors (Lipinski definition) is 1. The van der Waals surface area contributed by atoms with Gasteiger partial charge in [-0.05, 0) is 36.2 Å². The Kier molecular flexibility index (Phi) is 4.81. The molecule has 0 amide bonds. The Hall–Kier alpha value is -0.830. The van der Waals surface area contributed by atoms with Crippen LogP contribution in [0, 0.1) is 0 Å². The van der Waals surface area contributed by atoms with Gasteiger partial charge in [0.15, 0.2) is 0 Å². The zero-order valence-electron chi connectivity index (χ0n) is 10.2. The maximum atomic E-state index is 6.00. The van der Waals surface area contributed by atoms with Crippen molar-refractivity contribution < 1.29 is 0 Å². The van der Waals surface area contributed by atoms with Gasteiger partial charge in [-0.25, -0.2) is 0 Å². The smallest absolute Gasteiger partial charge is 0.0410 e. The Morgan fingerprint density at radius 2 is 1.89 bits per heavy atom. The van der Waals surface area contributed by atoms with Crippen LogP contribution in [0.5, 0.6) is 0 Å². The fourth-order valence-electron chi connectivity index (χ4n) is 1.80. The summed E-state index contributed by atoms with van der Waals surface area (Å²) in [5.74, 6) is 0. The molecule has 0 heterocycles. The quantitative estimate of drug-likeness (QED) is 0.838. The lowest BCUT2D eigenvalue weighted by Crippen LogP contribution is -2.18. The minimum atomic E-state index is 0.317. The van der Waals surface area contributed by atoms with E-state index < -0.39 is 0 Å². The Bertz CT molecular complexity index is 513. The van der Waals surface area contributed by atoms with Gasteiger partial charge in [0.25, 0.3) is 0 Å². The first-order chi connectivity index (χ1) is 8.66. The van der Waals surface area contributed by atoms with Crippen molar-refractivity contribution in [2.24, 2.45) is 0 Å². The Morgan fingerprint density at radius 1 is 1.17 bits per heavy atom. The van der Waals surface area contributed by atoms with Crippen molar-refractivity contribution in [3.8, 4) is 0 Å². The minimum Gasteiger partial charge on any atom is -0.306 e. The second-order valence-corrected chi connectivity index (χ2v) is 5.54. The van der Waals surface area contributed by atoms with Crippen molar-refractivity contribution in [3.05, 3.63) is 69.2 Å². The highest BCUT2D eigenvalue weighted by Crippen LogP contribution is 2.22. The number of hydrogen-bond acceptors (Lipinski definition) is 1. The number of rotatable bonds is 4. The van der Waals surface area contributed by atoms with Crippen LogP contribution in [0.3, 0.4) is 0 Å². The average molecular weight is 325 g/mol. The van der Waals surface area contributed by atoms with E-state index >= 15 is 0 Å². The monoisotopic (exact) mass is 323 g/mol. The largest absolute Gasteiger partial charge is 0.306 e. The molecule has 0 fully saturated rings. The molecule has 0 bridgehead atoms. The summed E-state index contributed by atoms with van der Waals surface area (Å²) in [7, 11) is 0. The first kappa shape index (κ1) is 13.6. The van der Waals surface area contributed by atoms with E-state index in [0.29, 0.717) is 6.04 Å². The van der Waals surface area contributed by atoms with Crippen molar-refractivity contribution in [1.82, 2.24) is 5.32 Å². The molecule has 1 N–H and O–H groups in total. The summed E-state index contributed by atoms with van der Waals surface area (Å²) >= 11 is 9.54. The van der Waals surface area contributed by atoms with Gasteiger partial charge < -0.3 is 5.32 Å². The van der Waals surface area contributed by atoms with E-state index in [0.717, 1.165) is 16.0 Å². The van der Waals surface area contributed by atoms with Crippen LogP contribution in [0.15, 0.2) is 53.0 Å². The van der Waals surface area contributed by atoms with Gasteiger partial charge in [0.1, 0.15) is 0 Å². The molecule has 94 valence electrons. The van der Waals surface area contributed by atoms with Crippen molar-refractivity contribution in [2.75, 3.05) is 0 Å². The van der Waals surface area contributed by atoms with Gasteiger partial charge in [0.05, 0.1) is 0 Å². The van der Waals surface area contributed by atoms with Crippen LogP contribution < -0.4 is 5.32 Å².